The summed E-state index contributed by atoms with van der Waals surface area (Å²) >= 11 is 0. The van der Waals surface area contributed by atoms with Crippen LogP contribution in [0.5, 0.6) is 0 Å². The van der Waals surface area contributed by atoms with Crippen LogP contribution in [0.2, 0.25) is 0 Å². The van der Waals surface area contributed by atoms with E-state index in [0.717, 1.165) is 0 Å². The molecule has 0 bridgehead atoms. The molecule has 0 N–H and O–H groups in total. The number of hydrogen-bond donors (Lipinski definition) is 0. The molecule has 0 unspecified atom stereocenters. The molecule has 0 aromatic rings. The van der Waals surface area contributed by atoms with E-state index in [0.29, 0.717) is 0 Å². The van der Waals surface area contributed by atoms with Gasteiger partial charge in [-0.1, -0.05) is 0 Å². The predicted octanol–water partition coefficient (Wildman–Crippen LogP) is 5.93. The topological polar surface area (TPSA) is 0 Å². The van der Waals surface area contributed by atoms with Gasteiger partial charge in [0.05, 0.1) is 0 Å². The fourth-order valence-corrected chi connectivity index (χ4v) is 0.462. The van der Waals surface area contributed by atoms with Gasteiger partial charge in [0.1, 0.15) is 0 Å². The van der Waals surface area contributed by atoms with Gasteiger partial charge in [-0.15, -0.1) is 0 Å². The quantitative estimate of drug-likeness (QED) is 0.533. The van der Waals surface area contributed by atoms with Crippen molar-refractivity contribution in [1.29, 1.82) is 0 Å². The molecule has 22 heavy (non-hydrogen) atoms. The Balaban J connectivity index is 0. The Kier molecular flexibility index (Phi) is 8.51. The van der Waals surface area contributed by atoms with E-state index in [1.807, 2.05) is 0 Å². The zero-order valence-electron chi connectivity index (χ0n) is 9.45. The summed E-state index contributed by atoms with van der Waals surface area (Å²) < 4.78 is 156. The van der Waals surface area contributed by atoms with Crippen LogP contribution in [0.1, 0.15) is 0 Å². The first-order valence-electron chi connectivity index (χ1n) is 4.34. The van der Waals surface area contributed by atoms with Crippen LogP contribution in [0, 0.1) is 0 Å². The SMILES string of the molecule is F/C(=C(\F)C(F)(F)F)C(F)F.F/C(=C(\F)C(F)(F)F)C(F)F. The lowest BCUT2D eigenvalue weighted by atomic mass is 10.4. The highest BCUT2D eigenvalue weighted by molar-refractivity contribution is 5.08. The maximum absolute atomic E-state index is 11.5. The first-order chi connectivity index (χ1) is 9.53. The fourth-order valence-electron chi connectivity index (χ4n) is 0.462. The van der Waals surface area contributed by atoms with E-state index in [-0.39, 0.29) is 0 Å². The molecule has 0 aliphatic carbocycles. The van der Waals surface area contributed by atoms with Gasteiger partial charge in [-0.25, -0.2) is 26.3 Å². The van der Waals surface area contributed by atoms with Gasteiger partial charge in [0, 0.05) is 0 Å². The van der Waals surface area contributed by atoms with E-state index in [9.17, 15) is 61.5 Å². The lowest BCUT2D eigenvalue weighted by Crippen LogP contribution is -2.12. The van der Waals surface area contributed by atoms with Gasteiger partial charge in [0.25, 0.3) is 12.9 Å². The number of hydrogen-bond acceptors (Lipinski definition) is 0. The minimum Gasteiger partial charge on any atom is -0.202 e. The fraction of sp³-hybridized carbons (Fsp3) is 0.500. The molecule has 14 heteroatoms. The second kappa shape index (κ2) is 8.22. The smallest absolute Gasteiger partial charge is 0.202 e. The third-order valence-corrected chi connectivity index (χ3v) is 1.30. The Morgan fingerprint density at radius 3 is 0.727 bits per heavy atom. The number of halogens is 14. The molecule has 0 spiro atoms. The Morgan fingerprint density at radius 1 is 0.500 bits per heavy atom. The van der Waals surface area contributed by atoms with Crippen LogP contribution < -0.4 is 0 Å². The molecule has 0 radical (unpaired) electrons. The number of rotatable bonds is 2. The zero-order chi connectivity index (χ0) is 18.5. The van der Waals surface area contributed by atoms with Crippen molar-refractivity contribution < 1.29 is 61.5 Å². The van der Waals surface area contributed by atoms with Crippen LogP contribution in [0.25, 0.3) is 0 Å². The van der Waals surface area contributed by atoms with Crippen molar-refractivity contribution in [3.8, 4) is 0 Å². The monoisotopic (exact) mass is 364 g/mol. The molecule has 0 amide bonds. The normalized spacial score (nSPS) is 15.3. The summed E-state index contributed by atoms with van der Waals surface area (Å²) in [6.45, 7) is 0. The first-order valence-corrected chi connectivity index (χ1v) is 4.34. The highest BCUT2D eigenvalue weighted by Crippen LogP contribution is 2.32. The molecule has 0 aromatic heterocycles. The standard InChI is InChI=1S/2C4HF7/c2*5-1(3(7)8)2(6)4(9,10)11/h2*3H/b2*2-1-. The average molecular weight is 364 g/mol. The van der Waals surface area contributed by atoms with Gasteiger partial charge in [-0.2, -0.15) is 35.1 Å². The molecule has 0 saturated carbocycles. The average Bonchev–Trinajstić information content (AvgIpc) is 2.33. The summed E-state index contributed by atoms with van der Waals surface area (Å²) in [5.41, 5.74) is 0. The molecule has 0 aliphatic rings. The lowest BCUT2D eigenvalue weighted by Gasteiger charge is -2.03. The van der Waals surface area contributed by atoms with E-state index in [1.165, 1.54) is 0 Å². The second-order valence-electron chi connectivity index (χ2n) is 2.92. The van der Waals surface area contributed by atoms with Crippen LogP contribution in [0.4, 0.5) is 61.5 Å². The maximum Gasteiger partial charge on any atom is 0.445 e. The van der Waals surface area contributed by atoms with Gasteiger partial charge in [0.2, 0.25) is 23.3 Å². The maximum atomic E-state index is 11.5. The van der Waals surface area contributed by atoms with Crippen molar-refractivity contribution in [3.05, 3.63) is 23.3 Å². The largest absolute Gasteiger partial charge is 0.445 e. The summed E-state index contributed by atoms with van der Waals surface area (Å²) in [5.74, 6) is -12.9. The molecular formula is C8H2F14. The minimum absolute atomic E-state index is 3.09. The Labute approximate surface area is 111 Å². The van der Waals surface area contributed by atoms with Crippen molar-refractivity contribution in [1.82, 2.24) is 0 Å². The van der Waals surface area contributed by atoms with Gasteiger partial charge in [-0.3, -0.25) is 0 Å². The van der Waals surface area contributed by atoms with Gasteiger partial charge >= 0.3 is 12.4 Å². The third kappa shape index (κ3) is 8.07. The third-order valence-electron chi connectivity index (χ3n) is 1.30. The van der Waals surface area contributed by atoms with E-state index in [2.05, 4.69) is 0 Å². The van der Waals surface area contributed by atoms with Gasteiger partial charge < -0.3 is 0 Å². The summed E-state index contributed by atoms with van der Waals surface area (Å²) in [6.07, 6.45) is -19.5. The number of alkyl halides is 10. The van der Waals surface area contributed by atoms with Crippen molar-refractivity contribution in [2.45, 2.75) is 25.2 Å². The van der Waals surface area contributed by atoms with Gasteiger partial charge in [0.15, 0.2) is 0 Å². The van der Waals surface area contributed by atoms with Crippen molar-refractivity contribution in [2.75, 3.05) is 0 Å². The van der Waals surface area contributed by atoms with Crippen molar-refractivity contribution >= 4 is 0 Å². The minimum atomic E-state index is -5.68. The molecule has 0 fully saturated rings. The van der Waals surface area contributed by atoms with E-state index >= 15 is 0 Å². The molecule has 0 aliphatic heterocycles. The van der Waals surface area contributed by atoms with Crippen LogP contribution in [-0.2, 0) is 0 Å². The van der Waals surface area contributed by atoms with Crippen LogP contribution in [0.3, 0.4) is 0 Å². The Bertz CT molecular complexity index is 368. The summed E-state index contributed by atoms with van der Waals surface area (Å²) in [7, 11) is 0. The second-order valence-corrected chi connectivity index (χ2v) is 2.92. The van der Waals surface area contributed by atoms with Crippen LogP contribution in [-0.4, -0.2) is 25.2 Å². The molecule has 0 atom stereocenters. The number of allylic oxidation sites excluding steroid dienone is 4. The Hall–Kier alpha value is -1.50. The van der Waals surface area contributed by atoms with E-state index in [1.54, 1.807) is 0 Å². The molecular weight excluding hydrogens is 362 g/mol. The highest BCUT2D eigenvalue weighted by Gasteiger charge is 2.41. The lowest BCUT2D eigenvalue weighted by molar-refractivity contribution is -0.114. The predicted molar refractivity (Wildman–Crippen MR) is 42.6 cm³/mol. The summed E-state index contributed by atoms with van der Waals surface area (Å²) in [4.78, 5) is 0. The summed E-state index contributed by atoms with van der Waals surface area (Å²) in [5, 5.41) is 0. The molecule has 0 heterocycles. The van der Waals surface area contributed by atoms with E-state index < -0.39 is 48.5 Å². The van der Waals surface area contributed by atoms with Crippen LogP contribution in [0.15, 0.2) is 23.3 Å². The molecule has 0 nitrogen and oxygen atoms in total. The van der Waals surface area contributed by atoms with E-state index in [4.69, 9.17) is 0 Å². The highest BCUT2D eigenvalue weighted by atomic mass is 19.4. The first kappa shape index (κ1) is 22.8. The van der Waals surface area contributed by atoms with Crippen LogP contribution >= 0.6 is 0 Å². The van der Waals surface area contributed by atoms with Crippen molar-refractivity contribution in [3.63, 3.8) is 0 Å². The Morgan fingerprint density at radius 2 is 0.682 bits per heavy atom. The van der Waals surface area contributed by atoms with Crippen molar-refractivity contribution in [2.24, 2.45) is 0 Å². The molecule has 0 aromatic carbocycles. The molecule has 132 valence electrons. The molecule has 0 rings (SSSR count). The summed E-state index contributed by atoms with van der Waals surface area (Å²) in [6, 6.07) is 0. The zero-order valence-corrected chi connectivity index (χ0v) is 9.45. The van der Waals surface area contributed by atoms with Gasteiger partial charge in [-0.05, 0) is 0 Å². The molecule has 0 saturated heterocycles.